The van der Waals surface area contributed by atoms with Gasteiger partial charge in [-0.15, -0.1) is 0 Å². The molecule has 1 aromatic carbocycles. The molecule has 0 unspecified atom stereocenters. The lowest BCUT2D eigenvalue weighted by Gasteiger charge is -2.36. The molecule has 0 aromatic heterocycles. The normalized spacial score (nSPS) is 19.5. The molecule has 0 heterocycles. The number of ether oxygens (including phenoxy) is 3. The van der Waals surface area contributed by atoms with E-state index < -0.39 is 22.7 Å². The lowest BCUT2D eigenvalue weighted by Crippen LogP contribution is -2.33. The largest absolute Gasteiger partial charge is 0.512 e. The minimum atomic E-state index is -0.967. The zero-order chi connectivity index (χ0) is 26.8. The van der Waals surface area contributed by atoms with Crippen LogP contribution >= 0.6 is 0 Å². The number of carbonyl (C=O) groups is 3. The lowest BCUT2D eigenvalue weighted by molar-refractivity contribution is -0.145. The van der Waals surface area contributed by atoms with Gasteiger partial charge in [-0.1, -0.05) is 33.8 Å². The van der Waals surface area contributed by atoms with E-state index in [0.29, 0.717) is 5.56 Å². The second kappa shape index (κ2) is 10.4. The third-order valence-corrected chi connectivity index (χ3v) is 6.54. The fourth-order valence-corrected chi connectivity index (χ4v) is 5.06. The van der Waals surface area contributed by atoms with Crippen LogP contribution in [0.5, 0.6) is 11.5 Å². The van der Waals surface area contributed by atoms with Gasteiger partial charge in [0, 0.05) is 42.7 Å². The maximum atomic E-state index is 13.3. The summed E-state index contributed by atoms with van der Waals surface area (Å²) in [6.07, 6.45) is 0.954. The molecule has 8 heteroatoms. The Labute approximate surface area is 211 Å². The number of methoxy groups -OCH3 is 1. The first-order valence-electron chi connectivity index (χ1n) is 12.2. The molecule has 8 nitrogen and oxygen atoms in total. The topological polar surface area (TPSA) is 119 Å². The minimum Gasteiger partial charge on any atom is -0.512 e. The van der Waals surface area contributed by atoms with Crippen LogP contribution < -0.4 is 9.47 Å². The van der Waals surface area contributed by atoms with E-state index in [-0.39, 0.29) is 84.6 Å². The number of aliphatic hydroxyl groups excluding tert-OH is 2. The predicted octanol–water partition coefficient (Wildman–Crippen LogP) is 5.12. The summed E-state index contributed by atoms with van der Waals surface area (Å²) in [4.78, 5) is 38.4. The molecular formula is C28H36O8. The fraction of sp³-hybridized carbons (Fsp3) is 0.536. The van der Waals surface area contributed by atoms with Crippen molar-refractivity contribution < 1.29 is 38.8 Å². The van der Waals surface area contributed by atoms with Crippen LogP contribution in [-0.2, 0) is 19.1 Å². The van der Waals surface area contributed by atoms with Gasteiger partial charge < -0.3 is 24.4 Å². The van der Waals surface area contributed by atoms with E-state index in [0.717, 1.165) is 0 Å². The van der Waals surface area contributed by atoms with Crippen LogP contribution in [0.1, 0.15) is 71.8 Å². The Hall–Kier alpha value is -3.29. The van der Waals surface area contributed by atoms with Gasteiger partial charge in [-0.05, 0) is 35.4 Å². The number of esters is 1. The van der Waals surface area contributed by atoms with Gasteiger partial charge in [-0.3, -0.25) is 9.59 Å². The summed E-state index contributed by atoms with van der Waals surface area (Å²) < 4.78 is 15.9. The van der Waals surface area contributed by atoms with Crippen molar-refractivity contribution in [1.82, 2.24) is 0 Å². The molecule has 1 aromatic rings. The van der Waals surface area contributed by atoms with Crippen molar-refractivity contribution >= 4 is 17.5 Å². The molecule has 0 fully saturated rings. The minimum absolute atomic E-state index is 0.0826. The number of aliphatic hydroxyl groups is 2. The highest BCUT2D eigenvalue weighted by molar-refractivity contribution is 6.05. The molecule has 0 amide bonds. The van der Waals surface area contributed by atoms with E-state index in [1.165, 1.54) is 7.11 Å². The van der Waals surface area contributed by atoms with Crippen LogP contribution in [0, 0.1) is 10.8 Å². The van der Waals surface area contributed by atoms with Crippen molar-refractivity contribution in [3.8, 4) is 11.5 Å². The van der Waals surface area contributed by atoms with Crippen molar-refractivity contribution in [2.24, 2.45) is 10.8 Å². The number of rotatable bonds is 8. The molecule has 2 N–H and O–H groups in total. The molecule has 0 atom stereocenters. The second-order valence-electron chi connectivity index (χ2n) is 11.0. The number of ketones is 2. The number of allylic oxidation sites excluding steroid dienone is 4. The first kappa shape index (κ1) is 27.3. The van der Waals surface area contributed by atoms with Crippen LogP contribution in [0.4, 0.5) is 0 Å². The van der Waals surface area contributed by atoms with E-state index in [1.807, 2.05) is 27.7 Å². The molecule has 0 bridgehead atoms. The van der Waals surface area contributed by atoms with Crippen molar-refractivity contribution in [3.05, 3.63) is 46.4 Å². The van der Waals surface area contributed by atoms with Gasteiger partial charge in [0.15, 0.2) is 29.7 Å². The number of hydrogen-bond acceptors (Lipinski definition) is 8. The molecule has 0 saturated carbocycles. The van der Waals surface area contributed by atoms with E-state index in [4.69, 9.17) is 14.2 Å². The first-order valence-corrected chi connectivity index (χ1v) is 12.2. The molecular weight excluding hydrogens is 464 g/mol. The van der Waals surface area contributed by atoms with Crippen molar-refractivity contribution in [3.63, 3.8) is 0 Å². The second-order valence-corrected chi connectivity index (χ2v) is 11.0. The number of hydrogen-bond donors (Lipinski definition) is 2. The molecule has 0 aliphatic heterocycles. The standard InChI is InChI=1S/C28H36O8/c1-7-35-23(33)15-36-21-9-8-16(10-22(21)34-6)24(25-17(29)11-27(2,3)12-18(25)30)26-19(31)13-28(4,5)14-20(26)32/h8-10,24,29,31H,7,11-15H2,1-6H3. The Bertz CT molecular complexity index is 1070. The third kappa shape index (κ3) is 5.91. The maximum absolute atomic E-state index is 13.3. The summed E-state index contributed by atoms with van der Waals surface area (Å²) in [5.74, 6) is -1.66. The van der Waals surface area contributed by atoms with Crippen LogP contribution in [0.3, 0.4) is 0 Å². The van der Waals surface area contributed by atoms with E-state index in [9.17, 15) is 24.6 Å². The molecule has 196 valence electrons. The zero-order valence-corrected chi connectivity index (χ0v) is 21.9. The van der Waals surface area contributed by atoms with Gasteiger partial charge in [0.2, 0.25) is 0 Å². The number of carbonyl (C=O) groups excluding carboxylic acids is 3. The maximum Gasteiger partial charge on any atom is 0.344 e. The molecule has 0 saturated heterocycles. The molecule has 2 aliphatic rings. The average molecular weight is 501 g/mol. The monoisotopic (exact) mass is 500 g/mol. The quantitative estimate of drug-likeness (QED) is 0.472. The van der Waals surface area contributed by atoms with Crippen LogP contribution in [0.2, 0.25) is 0 Å². The highest BCUT2D eigenvalue weighted by Crippen LogP contribution is 2.48. The summed E-state index contributed by atoms with van der Waals surface area (Å²) in [6.45, 7) is 9.21. The van der Waals surface area contributed by atoms with Gasteiger partial charge in [-0.2, -0.15) is 0 Å². The Balaban J connectivity index is 2.14. The van der Waals surface area contributed by atoms with E-state index in [2.05, 4.69) is 0 Å². The van der Waals surface area contributed by atoms with E-state index >= 15 is 0 Å². The smallest absolute Gasteiger partial charge is 0.344 e. The third-order valence-electron chi connectivity index (χ3n) is 6.54. The van der Waals surface area contributed by atoms with Crippen LogP contribution in [0.25, 0.3) is 0 Å². The van der Waals surface area contributed by atoms with Gasteiger partial charge in [0.1, 0.15) is 11.5 Å². The molecule has 0 spiro atoms. The highest BCUT2D eigenvalue weighted by Gasteiger charge is 2.43. The highest BCUT2D eigenvalue weighted by atomic mass is 16.6. The van der Waals surface area contributed by atoms with Gasteiger partial charge in [0.05, 0.1) is 13.7 Å². The van der Waals surface area contributed by atoms with Crippen LogP contribution in [-0.4, -0.2) is 48.1 Å². The van der Waals surface area contributed by atoms with Gasteiger partial charge >= 0.3 is 5.97 Å². The Kier molecular flexibility index (Phi) is 7.86. The first-order chi connectivity index (χ1) is 16.8. The Morgan fingerprint density at radius 2 is 1.44 bits per heavy atom. The Morgan fingerprint density at radius 1 is 0.917 bits per heavy atom. The van der Waals surface area contributed by atoms with Gasteiger partial charge in [-0.25, -0.2) is 4.79 Å². The molecule has 36 heavy (non-hydrogen) atoms. The fourth-order valence-electron chi connectivity index (χ4n) is 5.06. The predicted molar refractivity (Wildman–Crippen MR) is 133 cm³/mol. The number of Topliss-reactive ketones (excluding diaryl/α,β-unsaturated/α-hetero) is 2. The summed E-state index contributed by atoms with van der Waals surface area (Å²) >= 11 is 0. The molecule has 2 aliphatic carbocycles. The SMILES string of the molecule is CCOC(=O)COc1ccc(C(C2=C(O)CC(C)(C)CC2=O)C2=C(O)CC(C)(C)CC2=O)cc1OC. The summed E-state index contributed by atoms with van der Waals surface area (Å²) in [5, 5.41) is 22.1. The van der Waals surface area contributed by atoms with Gasteiger partial charge in [0.25, 0.3) is 0 Å². The molecule has 3 rings (SSSR count). The number of benzene rings is 1. The Morgan fingerprint density at radius 3 is 1.89 bits per heavy atom. The zero-order valence-electron chi connectivity index (χ0n) is 21.9. The summed E-state index contributed by atoms with van der Waals surface area (Å²) in [5.41, 5.74) is -0.128. The van der Waals surface area contributed by atoms with E-state index in [1.54, 1.807) is 25.1 Å². The van der Waals surface area contributed by atoms with Crippen LogP contribution in [0.15, 0.2) is 40.9 Å². The molecule has 0 radical (unpaired) electrons. The summed E-state index contributed by atoms with van der Waals surface area (Å²) in [6, 6.07) is 4.82. The summed E-state index contributed by atoms with van der Waals surface area (Å²) in [7, 11) is 1.43. The average Bonchev–Trinajstić information content (AvgIpc) is 2.74. The van der Waals surface area contributed by atoms with Crippen molar-refractivity contribution in [2.45, 2.75) is 66.2 Å². The lowest BCUT2D eigenvalue weighted by atomic mass is 9.67. The van der Waals surface area contributed by atoms with Crippen molar-refractivity contribution in [2.75, 3.05) is 20.3 Å². The van der Waals surface area contributed by atoms with Crippen molar-refractivity contribution in [1.29, 1.82) is 0 Å².